The van der Waals surface area contributed by atoms with Crippen LogP contribution >= 0.6 is 0 Å². The molecular weight excluding hydrogens is 410 g/mol. The van der Waals surface area contributed by atoms with Gasteiger partial charge in [0.15, 0.2) is 0 Å². The van der Waals surface area contributed by atoms with E-state index in [0.717, 1.165) is 12.1 Å². The third-order valence-electron chi connectivity index (χ3n) is 4.57. The lowest BCUT2D eigenvalue weighted by Gasteiger charge is -2.20. The van der Waals surface area contributed by atoms with Gasteiger partial charge in [0.25, 0.3) is 5.91 Å². The number of carboxylic acids is 2. The van der Waals surface area contributed by atoms with Crippen molar-refractivity contribution in [1.82, 2.24) is 5.32 Å². The minimum atomic E-state index is -1.13. The first-order chi connectivity index (χ1) is 14.6. The zero-order chi connectivity index (χ0) is 23.1. The summed E-state index contributed by atoms with van der Waals surface area (Å²) in [5.74, 6) is -5.55. The van der Waals surface area contributed by atoms with Crippen LogP contribution < -0.4 is 10.6 Å². The number of hydrogen-bond acceptors (Lipinski definition) is 4. The van der Waals surface area contributed by atoms with Crippen LogP contribution in [0.4, 0.5) is 14.5 Å². The van der Waals surface area contributed by atoms with E-state index in [4.69, 9.17) is 0 Å². The number of rotatable bonds is 10. The van der Waals surface area contributed by atoms with Crippen LogP contribution in [0.1, 0.15) is 42.1 Å². The Bertz CT molecular complexity index is 927. The SMILES string of the molecule is CC(C)CC(NCC(C(=O)O)c1ccc(NC(=O)c2cc(F)cc(F)c2)cc1)C(=O)O. The van der Waals surface area contributed by atoms with Crippen molar-refractivity contribution in [1.29, 1.82) is 0 Å². The molecule has 0 aliphatic carbocycles. The van der Waals surface area contributed by atoms with E-state index in [0.29, 0.717) is 23.7 Å². The molecule has 0 saturated heterocycles. The monoisotopic (exact) mass is 434 g/mol. The van der Waals surface area contributed by atoms with E-state index >= 15 is 0 Å². The maximum absolute atomic E-state index is 13.3. The van der Waals surface area contributed by atoms with Gasteiger partial charge >= 0.3 is 11.9 Å². The molecule has 2 unspecified atom stereocenters. The summed E-state index contributed by atoms with van der Waals surface area (Å²) in [7, 11) is 0. The van der Waals surface area contributed by atoms with Crippen molar-refractivity contribution in [2.24, 2.45) is 5.92 Å². The molecule has 2 aromatic rings. The Morgan fingerprint density at radius 3 is 2.00 bits per heavy atom. The average Bonchev–Trinajstić information content (AvgIpc) is 2.67. The highest BCUT2D eigenvalue weighted by molar-refractivity contribution is 6.04. The van der Waals surface area contributed by atoms with Crippen molar-refractivity contribution in [3.05, 3.63) is 65.2 Å². The molecule has 1 amide bonds. The number of carboxylic acid groups (broad SMARTS) is 2. The van der Waals surface area contributed by atoms with E-state index in [1.54, 1.807) is 0 Å². The van der Waals surface area contributed by atoms with Crippen molar-refractivity contribution in [3.8, 4) is 0 Å². The maximum atomic E-state index is 13.3. The number of aliphatic carboxylic acids is 2. The van der Waals surface area contributed by atoms with Crippen LogP contribution in [-0.4, -0.2) is 40.6 Å². The molecular formula is C22H24F2N2O5. The summed E-state index contributed by atoms with van der Waals surface area (Å²) in [6, 6.07) is 7.47. The third kappa shape index (κ3) is 7.14. The lowest BCUT2D eigenvalue weighted by Crippen LogP contribution is -2.41. The Morgan fingerprint density at radius 2 is 1.52 bits per heavy atom. The Morgan fingerprint density at radius 1 is 0.935 bits per heavy atom. The van der Waals surface area contributed by atoms with E-state index in [1.165, 1.54) is 24.3 Å². The highest BCUT2D eigenvalue weighted by Crippen LogP contribution is 2.20. The molecule has 0 heterocycles. The van der Waals surface area contributed by atoms with E-state index in [2.05, 4.69) is 10.6 Å². The molecule has 7 nitrogen and oxygen atoms in total. The van der Waals surface area contributed by atoms with Gasteiger partial charge in [-0.1, -0.05) is 26.0 Å². The minimum Gasteiger partial charge on any atom is -0.481 e. The van der Waals surface area contributed by atoms with Gasteiger partial charge in [-0.15, -0.1) is 0 Å². The molecule has 9 heteroatoms. The molecule has 0 radical (unpaired) electrons. The number of nitrogens with one attached hydrogen (secondary N) is 2. The standard InChI is InChI=1S/C22H24F2N2O5/c1-12(2)7-19(22(30)31)25-11-18(21(28)29)13-3-5-17(6-4-13)26-20(27)14-8-15(23)10-16(24)9-14/h3-6,8-10,12,18-19,25H,7,11H2,1-2H3,(H,26,27)(H,28,29)(H,30,31). The van der Waals surface area contributed by atoms with Crippen molar-refractivity contribution in [3.63, 3.8) is 0 Å². The molecule has 0 bridgehead atoms. The van der Waals surface area contributed by atoms with Gasteiger partial charge in [-0.25, -0.2) is 8.78 Å². The van der Waals surface area contributed by atoms with Gasteiger partial charge in [-0.2, -0.15) is 0 Å². The highest BCUT2D eigenvalue weighted by atomic mass is 19.1. The Labute approximate surface area is 178 Å². The van der Waals surface area contributed by atoms with Crippen LogP contribution in [-0.2, 0) is 9.59 Å². The number of anilines is 1. The minimum absolute atomic E-state index is 0.0900. The second-order valence-electron chi connectivity index (χ2n) is 7.55. The summed E-state index contributed by atoms with van der Waals surface area (Å²) in [4.78, 5) is 35.2. The quantitative estimate of drug-likeness (QED) is 0.455. The van der Waals surface area contributed by atoms with Crippen molar-refractivity contribution in [2.45, 2.75) is 32.2 Å². The molecule has 0 saturated carbocycles. The summed E-state index contributed by atoms with van der Waals surface area (Å²) in [6.45, 7) is 3.66. The van der Waals surface area contributed by atoms with E-state index in [9.17, 15) is 33.4 Å². The van der Waals surface area contributed by atoms with Gasteiger partial charge in [-0.3, -0.25) is 14.4 Å². The number of amides is 1. The van der Waals surface area contributed by atoms with Crippen LogP contribution in [0.5, 0.6) is 0 Å². The molecule has 4 N–H and O–H groups in total. The highest BCUT2D eigenvalue weighted by Gasteiger charge is 2.24. The van der Waals surface area contributed by atoms with Gasteiger partial charge in [0.1, 0.15) is 17.7 Å². The smallest absolute Gasteiger partial charge is 0.320 e. The summed E-state index contributed by atoms with van der Waals surface area (Å²) >= 11 is 0. The molecule has 2 atom stereocenters. The molecule has 0 aliphatic rings. The number of carbonyl (C=O) groups is 3. The van der Waals surface area contributed by atoms with Crippen molar-refractivity contribution >= 4 is 23.5 Å². The normalized spacial score (nSPS) is 12.9. The first-order valence-electron chi connectivity index (χ1n) is 9.63. The van der Waals surface area contributed by atoms with E-state index in [1.807, 2.05) is 13.8 Å². The molecule has 31 heavy (non-hydrogen) atoms. The van der Waals surface area contributed by atoms with Gasteiger partial charge < -0.3 is 20.8 Å². The van der Waals surface area contributed by atoms with Crippen LogP contribution in [0.25, 0.3) is 0 Å². The zero-order valence-corrected chi connectivity index (χ0v) is 17.1. The average molecular weight is 434 g/mol. The van der Waals surface area contributed by atoms with Crippen molar-refractivity contribution < 1.29 is 33.4 Å². The number of benzene rings is 2. The zero-order valence-electron chi connectivity index (χ0n) is 17.1. The Kier molecular flexibility index (Phi) is 8.21. The fraction of sp³-hybridized carbons (Fsp3) is 0.318. The second kappa shape index (κ2) is 10.6. The fourth-order valence-electron chi connectivity index (χ4n) is 3.04. The largest absolute Gasteiger partial charge is 0.481 e. The molecule has 166 valence electrons. The second-order valence-corrected chi connectivity index (χ2v) is 7.55. The lowest BCUT2D eigenvalue weighted by molar-refractivity contribution is -0.142. The summed E-state index contributed by atoms with van der Waals surface area (Å²) in [5.41, 5.74) is 0.515. The first kappa shape index (κ1) is 23.9. The fourth-order valence-corrected chi connectivity index (χ4v) is 3.04. The molecule has 2 rings (SSSR count). The molecule has 0 aromatic heterocycles. The summed E-state index contributed by atoms with van der Waals surface area (Å²) in [5, 5.41) is 24.1. The molecule has 2 aromatic carbocycles. The Hall–Kier alpha value is -3.33. The molecule has 0 aliphatic heterocycles. The van der Waals surface area contributed by atoms with Gasteiger partial charge in [0.05, 0.1) is 5.92 Å². The topological polar surface area (TPSA) is 116 Å². The van der Waals surface area contributed by atoms with E-state index in [-0.39, 0.29) is 18.0 Å². The summed E-state index contributed by atoms with van der Waals surface area (Å²) in [6.07, 6.45) is 0.354. The van der Waals surface area contributed by atoms with E-state index < -0.39 is 41.4 Å². The first-order valence-corrected chi connectivity index (χ1v) is 9.63. The number of halogens is 2. The maximum Gasteiger partial charge on any atom is 0.320 e. The number of hydrogen-bond donors (Lipinski definition) is 4. The number of carbonyl (C=O) groups excluding carboxylic acids is 1. The van der Waals surface area contributed by atoms with Crippen LogP contribution in [0.15, 0.2) is 42.5 Å². The van der Waals surface area contributed by atoms with Crippen molar-refractivity contribution in [2.75, 3.05) is 11.9 Å². The van der Waals surface area contributed by atoms with Gasteiger partial charge in [-0.05, 0) is 42.2 Å². The third-order valence-corrected chi connectivity index (χ3v) is 4.57. The van der Waals surface area contributed by atoms with Gasteiger partial charge in [0, 0.05) is 23.9 Å². The summed E-state index contributed by atoms with van der Waals surface area (Å²) < 4.78 is 26.6. The van der Waals surface area contributed by atoms with Crippen LogP contribution in [0, 0.1) is 17.6 Å². The molecule has 0 spiro atoms. The lowest BCUT2D eigenvalue weighted by atomic mass is 9.97. The predicted molar refractivity (Wildman–Crippen MR) is 110 cm³/mol. The predicted octanol–water partition coefficient (Wildman–Crippen LogP) is 3.47. The molecule has 0 fully saturated rings. The van der Waals surface area contributed by atoms with Crippen LogP contribution in [0.3, 0.4) is 0 Å². The van der Waals surface area contributed by atoms with Gasteiger partial charge in [0.2, 0.25) is 0 Å². The van der Waals surface area contributed by atoms with Crippen LogP contribution in [0.2, 0.25) is 0 Å². The Balaban J connectivity index is 2.08.